The molecule has 0 unspecified atom stereocenters. The lowest BCUT2D eigenvalue weighted by Crippen LogP contribution is -2.40. The van der Waals surface area contributed by atoms with E-state index in [2.05, 4.69) is 38.1 Å². The molecule has 4 N–H and O–H groups in total. The van der Waals surface area contributed by atoms with Gasteiger partial charge in [-0.3, -0.25) is 14.6 Å². The number of rotatable bonds is 12. The largest absolute Gasteiger partial charge is 0.487 e. The highest BCUT2D eigenvalue weighted by atomic mass is 35.5. The minimum absolute atomic E-state index is 0.0473. The summed E-state index contributed by atoms with van der Waals surface area (Å²) in [6, 6.07) is 21.6. The third-order valence-electron chi connectivity index (χ3n) is 12.3. The van der Waals surface area contributed by atoms with Crippen LogP contribution in [-0.4, -0.2) is 92.3 Å². The summed E-state index contributed by atoms with van der Waals surface area (Å²) >= 11 is 6.53. The van der Waals surface area contributed by atoms with Gasteiger partial charge in [-0.05, 0) is 92.4 Å². The average molecular weight is 980 g/mol. The second kappa shape index (κ2) is 21.1. The first-order chi connectivity index (χ1) is 34.5. The van der Waals surface area contributed by atoms with Gasteiger partial charge in [0.2, 0.25) is 11.8 Å². The smallest absolute Gasteiger partial charge is 0.246 e. The third-order valence-corrected chi connectivity index (χ3v) is 12.6. The lowest BCUT2D eigenvalue weighted by atomic mass is 10.1. The minimum atomic E-state index is -0.531. The van der Waals surface area contributed by atoms with Gasteiger partial charge in [0, 0.05) is 49.1 Å². The van der Waals surface area contributed by atoms with Crippen LogP contribution >= 0.6 is 11.6 Å². The summed E-state index contributed by atoms with van der Waals surface area (Å²) in [4.78, 5) is 49.2. The predicted octanol–water partition coefficient (Wildman–Crippen LogP) is 8.33. The maximum absolute atomic E-state index is 15.0. The highest BCUT2D eigenvalue weighted by molar-refractivity contribution is 6.32. The number of amides is 2. The third kappa shape index (κ3) is 10.2. The number of hydrogen-bond donors (Lipinski definition) is 2. The number of ether oxygens (including phenoxy) is 2. The number of fused-ring (bicyclic) bond motifs is 2. The van der Waals surface area contributed by atoms with E-state index in [4.69, 9.17) is 42.7 Å². The van der Waals surface area contributed by atoms with E-state index < -0.39 is 5.82 Å². The first-order valence-corrected chi connectivity index (χ1v) is 23.2. The van der Waals surface area contributed by atoms with E-state index in [1.807, 2.05) is 22.9 Å². The molecule has 5 aromatic heterocycles. The fraction of sp³-hybridized carbons (Fsp3) is 0.235. The van der Waals surface area contributed by atoms with Gasteiger partial charge in [0.25, 0.3) is 0 Å². The fourth-order valence-corrected chi connectivity index (χ4v) is 9.04. The van der Waals surface area contributed by atoms with E-state index in [9.17, 15) is 18.4 Å². The zero-order valence-electron chi connectivity index (χ0n) is 38.4. The number of hydrogen-bond acceptors (Lipinski definition) is 13. The summed E-state index contributed by atoms with van der Waals surface area (Å²) in [5.74, 6) is -0.0206. The molecule has 362 valence electrons. The van der Waals surface area contributed by atoms with Crippen molar-refractivity contribution in [2.75, 3.05) is 37.6 Å². The number of carbonyl (C=O) groups is 2. The second-order valence-corrected chi connectivity index (χ2v) is 17.3. The molecule has 17 nitrogen and oxygen atoms in total. The van der Waals surface area contributed by atoms with Crippen LogP contribution in [0.5, 0.6) is 11.5 Å². The Hall–Kier alpha value is -8.32. The summed E-state index contributed by atoms with van der Waals surface area (Å²) in [5, 5.41) is 11.1. The SMILES string of the molecule is C=CC(=O)N1CCC[C@@H](n2nc(-c3ccc(OCc4ccccc4F)c(Cl)c3)c3c(N)ncnc32)C1.C=CC(=O)N1CCC[C@@H](n2nc(-c3ccc(OCc4ccccn4)c(F)c3)c3c(N)ncnc32)C1. The van der Waals surface area contributed by atoms with Crippen LogP contribution in [0.3, 0.4) is 0 Å². The number of nitrogen functional groups attached to an aromatic ring is 2. The second-order valence-electron chi connectivity index (χ2n) is 16.9. The molecule has 2 aliphatic heterocycles. The van der Waals surface area contributed by atoms with Crippen LogP contribution in [0.25, 0.3) is 44.6 Å². The number of piperidine rings is 2. The zero-order chi connectivity index (χ0) is 49.6. The molecule has 2 amide bonds. The number of carbonyl (C=O) groups excluding carboxylic acids is 2. The molecule has 0 saturated carbocycles. The minimum Gasteiger partial charge on any atom is -0.487 e. The Balaban J connectivity index is 0.000000176. The van der Waals surface area contributed by atoms with Crippen molar-refractivity contribution in [1.29, 1.82) is 0 Å². The Morgan fingerprint density at radius 2 is 1.23 bits per heavy atom. The standard InChI is InChI=1S/C26H24ClFN6O2.C25H24FN7O2/c1-2-22(35)33-11-5-7-18(13-33)34-26-23(25(29)30-15-31-26)24(32-34)16-9-10-21(19(27)12-16)36-14-17-6-3-4-8-20(17)28;1-2-21(34)32-11-5-7-18(13-32)33-25-22(24(27)29-15-30-25)23(31-33)16-8-9-20(19(26)12-16)35-14-17-6-3-4-10-28-17/h2-4,6,8-10,12,15,18H,1,5,7,11,13-14H2,(H2,29,30,31);2-4,6,8-10,12,15,18H,1,5,7,11,13-14H2,(H2,27,29,30)/t2*18-/m11/s1. The molecule has 0 aliphatic carbocycles. The normalized spacial score (nSPS) is 15.8. The van der Waals surface area contributed by atoms with Crippen LogP contribution in [0.1, 0.15) is 49.0 Å². The highest BCUT2D eigenvalue weighted by Gasteiger charge is 2.30. The van der Waals surface area contributed by atoms with Gasteiger partial charge in [0.15, 0.2) is 22.9 Å². The molecule has 2 saturated heterocycles. The van der Waals surface area contributed by atoms with E-state index in [1.54, 1.807) is 69.2 Å². The van der Waals surface area contributed by atoms with Crippen molar-refractivity contribution in [3.63, 3.8) is 0 Å². The maximum Gasteiger partial charge on any atom is 0.246 e. The van der Waals surface area contributed by atoms with Crippen LogP contribution in [0.2, 0.25) is 5.02 Å². The Bertz CT molecular complexity index is 3280. The van der Waals surface area contributed by atoms with Crippen LogP contribution in [0.15, 0.2) is 123 Å². The molecule has 10 rings (SSSR count). The van der Waals surface area contributed by atoms with Crippen molar-refractivity contribution in [2.45, 2.75) is 51.0 Å². The van der Waals surface area contributed by atoms with E-state index in [1.165, 1.54) is 36.9 Å². The number of nitrogens with zero attached hydrogens (tertiary/aromatic N) is 11. The average Bonchev–Trinajstić information content (AvgIpc) is 4.00. The summed E-state index contributed by atoms with van der Waals surface area (Å²) in [5.41, 5.74) is 17.0. The van der Waals surface area contributed by atoms with Gasteiger partial charge >= 0.3 is 0 Å². The summed E-state index contributed by atoms with van der Waals surface area (Å²) in [7, 11) is 0. The molecule has 8 aromatic rings. The lowest BCUT2D eigenvalue weighted by Gasteiger charge is -2.32. The van der Waals surface area contributed by atoms with Gasteiger partial charge < -0.3 is 30.7 Å². The summed E-state index contributed by atoms with van der Waals surface area (Å²) < 4.78 is 43.9. The number of nitrogens with two attached hydrogens (primary N) is 2. The van der Waals surface area contributed by atoms with Crippen molar-refractivity contribution in [2.24, 2.45) is 0 Å². The van der Waals surface area contributed by atoms with Crippen LogP contribution in [0.4, 0.5) is 20.4 Å². The maximum atomic E-state index is 15.0. The van der Waals surface area contributed by atoms with E-state index in [0.717, 1.165) is 25.7 Å². The van der Waals surface area contributed by atoms with Gasteiger partial charge in [-0.1, -0.05) is 49.0 Å². The Morgan fingerprint density at radius 3 is 1.76 bits per heavy atom. The molecule has 0 bridgehead atoms. The van der Waals surface area contributed by atoms with Crippen molar-refractivity contribution in [3.8, 4) is 34.0 Å². The molecular weight excluding hydrogens is 932 g/mol. The highest BCUT2D eigenvalue weighted by Crippen LogP contribution is 2.38. The van der Waals surface area contributed by atoms with E-state index >= 15 is 0 Å². The molecule has 71 heavy (non-hydrogen) atoms. The monoisotopic (exact) mass is 979 g/mol. The lowest BCUT2D eigenvalue weighted by molar-refractivity contribution is -0.128. The molecule has 0 spiro atoms. The molecule has 2 atom stereocenters. The fourth-order valence-electron chi connectivity index (χ4n) is 8.81. The number of benzene rings is 3. The zero-order valence-corrected chi connectivity index (χ0v) is 39.1. The molecule has 2 fully saturated rings. The number of halogens is 3. The van der Waals surface area contributed by atoms with Crippen molar-refractivity contribution < 1.29 is 27.8 Å². The van der Waals surface area contributed by atoms with E-state index in [0.29, 0.717) is 98.6 Å². The molecule has 0 radical (unpaired) electrons. The molecule has 20 heteroatoms. The van der Waals surface area contributed by atoms with Gasteiger partial charge in [-0.15, -0.1) is 0 Å². The Kier molecular flexibility index (Phi) is 14.2. The molecule has 3 aromatic carbocycles. The topological polar surface area (TPSA) is 211 Å². The first kappa shape index (κ1) is 47.7. The number of anilines is 2. The quantitative estimate of drug-likeness (QED) is 0.110. The molecule has 7 heterocycles. The van der Waals surface area contributed by atoms with Crippen molar-refractivity contribution in [1.82, 2.24) is 54.3 Å². The number of pyridine rings is 1. The Morgan fingerprint density at radius 1 is 0.676 bits per heavy atom. The van der Waals surface area contributed by atoms with Crippen LogP contribution in [-0.2, 0) is 22.8 Å². The van der Waals surface area contributed by atoms with Crippen LogP contribution < -0.4 is 20.9 Å². The van der Waals surface area contributed by atoms with Crippen molar-refractivity contribution in [3.05, 3.63) is 151 Å². The van der Waals surface area contributed by atoms with E-state index in [-0.39, 0.29) is 54.5 Å². The molecule has 2 aliphatic rings. The number of aromatic nitrogens is 9. The summed E-state index contributed by atoms with van der Waals surface area (Å²) in [6.07, 6.45) is 10.4. The van der Waals surface area contributed by atoms with Gasteiger partial charge in [0.1, 0.15) is 60.5 Å². The molecular formula is C51H48ClF2N13O4. The van der Waals surface area contributed by atoms with Crippen LogP contribution in [0, 0.1) is 11.6 Å². The van der Waals surface area contributed by atoms with Gasteiger partial charge in [-0.25, -0.2) is 38.1 Å². The number of likely N-dealkylation sites (tertiary alicyclic amines) is 2. The van der Waals surface area contributed by atoms with Gasteiger partial charge in [0.05, 0.1) is 33.6 Å². The predicted molar refractivity (Wildman–Crippen MR) is 265 cm³/mol. The van der Waals surface area contributed by atoms with Gasteiger partial charge in [-0.2, -0.15) is 10.2 Å². The Labute approximate surface area is 411 Å². The first-order valence-electron chi connectivity index (χ1n) is 22.8. The van der Waals surface area contributed by atoms with Crippen molar-refractivity contribution >= 4 is 57.1 Å². The summed E-state index contributed by atoms with van der Waals surface area (Å²) in [6.45, 7) is 9.68.